The molecule has 0 aliphatic heterocycles. The Morgan fingerprint density at radius 2 is 2.32 bits per heavy atom. The first-order valence-corrected chi connectivity index (χ1v) is 7.64. The standard InChI is InChI=1S/C12H14BrN3O2S/c13-9-5-11(19-8-9)7-16-6-10(14-15-16)3-1-2-4-12(17)18/h5-6,8H,1-4,7H2,(H,17,18). The highest BCUT2D eigenvalue weighted by atomic mass is 79.9. The number of nitrogens with zero attached hydrogens (tertiary/aromatic N) is 3. The lowest BCUT2D eigenvalue weighted by molar-refractivity contribution is -0.137. The van der Waals surface area contributed by atoms with Crippen molar-refractivity contribution < 1.29 is 9.90 Å². The fraction of sp³-hybridized carbons (Fsp3) is 0.417. The number of hydrogen-bond acceptors (Lipinski definition) is 4. The lowest BCUT2D eigenvalue weighted by atomic mass is 10.1. The van der Waals surface area contributed by atoms with Gasteiger partial charge in [-0.2, -0.15) is 0 Å². The van der Waals surface area contributed by atoms with Gasteiger partial charge >= 0.3 is 5.97 Å². The minimum atomic E-state index is -0.744. The Labute approximate surface area is 123 Å². The zero-order valence-corrected chi connectivity index (χ0v) is 12.7. The molecule has 5 nitrogen and oxygen atoms in total. The summed E-state index contributed by atoms with van der Waals surface area (Å²) in [7, 11) is 0. The number of aromatic nitrogens is 3. The average Bonchev–Trinajstić information content (AvgIpc) is 2.95. The van der Waals surface area contributed by atoms with Gasteiger partial charge in [0.2, 0.25) is 0 Å². The Balaban J connectivity index is 1.80. The third-order valence-corrected chi connectivity index (χ3v) is 4.28. The van der Waals surface area contributed by atoms with Crippen molar-refractivity contribution in [1.82, 2.24) is 15.0 Å². The molecule has 0 spiro atoms. The van der Waals surface area contributed by atoms with Crippen LogP contribution in [0, 0.1) is 0 Å². The van der Waals surface area contributed by atoms with E-state index in [9.17, 15) is 4.79 Å². The Morgan fingerprint density at radius 3 is 3.00 bits per heavy atom. The van der Waals surface area contributed by atoms with E-state index in [1.807, 2.05) is 16.3 Å². The molecule has 0 aliphatic carbocycles. The Kier molecular flexibility index (Phi) is 5.09. The molecule has 2 heterocycles. The second kappa shape index (κ2) is 6.81. The van der Waals surface area contributed by atoms with Crippen molar-refractivity contribution in [1.29, 1.82) is 0 Å². The molecule has 0 unspecified atom stereocenters. The number of carboxylic acids is 1. The Morgan fingerprint density at radius 1 is 1.47 bits per heavy atom. The minimum absolute atomic E-state index is 0.220. The predicted molar refractivity (Wildman–Crippen MR) is 76.3 cm³/mol. The van der Waals surface area contributed by atoms with Crippen LogP contribution in [0.4, 0.5) is 0 Å². The topological polar surface area (TPSA) is 68.0 Å². The van der Waals surface area contributed by atoms with E-state index >= 15 is 0 Å². The fourth-order valence-electron chi connectivity index (χ4n) is 1.71. The van der Waals surface area contributed by atoms with E-state index in [-0.39, 0.29) is 6.42 Å². The third kappa shape index (κ3) is 4.76. The summed E-state index contributed by atoms with van der Waals surface area (Å²) in [5, 5.41) is 18.8. The van der Waals surface area contributed by atoms with Crippen molar-refractivity contribution in [3.05, 3.63) is 32.7 Å². The summed E-state index contributed by atoms with van der Waals surface area (Å²) in [5.74, 6) is -0.744. The van der Waals surface area contributed by atoms with Gasteiger partial charge < -0.3 is 5.11 Å². The first-order chi connectivity index (χ1) is 9.13. The number of hydrogen-bond donors (Lipinski definition) is 1. The summed E-state index contributed by atoms with van der Waals surface area (Å²) in [4.78, 5) is 11.6. The molecular formula is C12H14BrN3O2S. The van der Waals surface area contributed by atoms with Gasteiger partial charge in [-0.3, -0.25) is 4.79 Å². The van der Waals surface area contributed by atoms with Crippen LogP contribution in [0.5, 0.6) is 0 Å². The van der Waals surface area contributed by atoms with Gasteiger partial charge in [-0.15, -0.1) is 16.4 Å². The molecule has 19 heavy (non-hydrogen) atoms. The molecule has 0 aromatic carbocycles. The summed E-state index contributed by atoms with van der Waals surface area (Å²) in [6.07, 6.45) is 4.43. The molecular weight excluding hydrogens is 330 g/mol. The van der Waals surface area contributed by atoms with E-state index in [4.69, 9.17) is 5.11 Å². The Hall–Kier alpha value is -1.21. The normalized spacial score (nSPS) is 10.8. The molecule has 102 valence electrons. The van der Waals surface area contributed by atoms with Crippen LogP contribution in [0.25, 0.3) is 0 Å². The van der Waals surface area contributed by atoms with Gasteiger partial charge in [0.25, 0.3) is 0 Å². The van der Waals surface area contributed by atoms with Crippen LogP contribution in [-0.4, -0.2) is 26.1 Å². The summed E-state index contributed by atoms with van der Waals surface area (Å²) < 4.78 is 2.90. The Bertz CT molecular complexity index is 553. The second-order valence-electron chi connectivity index (χ2n) is 4.24. The maximum atomic E-state index is 10.4. The zero-order chi connectivity index (χ0) is 13.7. The van der Waals surface area contributed by atoms with E-state index in [1.54, 1.807) is 11.3 Å². The van der Waals surface area contributed by atoms with E-state index in [0.29, 0.717) is 6.42 Å². The number of thiophene rings is 1. The summed E-state index contributed by atoms with van der Waals surface area (Å²) in [6, 6.07) is 2.07. The number of rotatable bonds is 7. The number of aryl methyl sites for hydroxylation is 1. The molecule has 2 rings (SSSR count). The van der Waals surface area contributed by atoms with Crippen molar-refractivity contribution in [3.8, 4) is 0 Å². The van der Waals surface area contributed by atoms with Gasteiger partial charge in [0, 0.05) is 27.3 Å². The van der Waals surface area contributed by atoms with Crippen molar-refractivity contribution in [2.45, 2.75) is 32.2 Å². The molecule has 0 amide bonds. The lowest BCUT2D eigenvalue weighted by Gasteiger charge is -1.96. The minimum Gasteiger partial charge on any atom is -0.481 e. The third-order valence-electron chi connectivity index (χ3n) is 2.60. The highest BCUT2D eigenvalue weighted by Crippen LogP contribution is 2.20. The maximum Gasteiger partial charge on any atom is 0.303 e. The van der Waals surface area contributed by atoms with E-state index in [0.717, 1.165) is 29.6 Å². The van der Waals surface area contributed by atoms with Crippen LogP contribution < -0.4 is 0 Å². The van der Waals surface area contributed by atoms with Gasteiger partial charge in [0.15, 0.2) is 0 Å². The van der Waals surface area contributed by atoms with Crippen LogP contribution in [0.1, 0.15) is 29.8 Å². The van der Waals surface area contributed by atoms with Crippen molar-refractivity contribution in [3.63, 3.8) is 0 Å². The lowest BCUT2D eigenvalue weighted by Crippen LogP contribution is -1.98. The molecule has 0 bridgehead atoms. The number of aliphatic carboxylic acids is 1. The number of carboxylic acid groups (broad SMARTS) is 1. The highest BCUT2D eigenvalue weighted by molar-refractivity contribution is 9.10. The highest BCUT2D eigenvalue weighted by Gasteiger charge is 2.04. The van der Waals surface area contributed by atoms with Crippen LogP contribution in [0.15, 0.2) is 22.1 Å². The summed E-state index contributed by atoms with van der Waals surface area (Å²) >= 11 is 5.10. The van der Waals surface area contributed by atoms with E-state index in [2.05, 4.69) is 32.3 Å². The van der Waals surface area contributed by atoms with Gasteiger partial charge in [0.05, 0.1) is 12.2 Å². The second-order valence-corrected chi connectivity index (χ2v) is 6.15. The average molecular weight is 344 g/mol. The molecule has 0 saturated carbocycles. The molecule has 0 aliphatic rings. The molecule has 1 N–H and O–H groups in total. The van der Waals surface area contributed by atoms with Crippen molar-refractivity contribution in [2.24, 2.45) is 0 Å². The van der Waals surface area contributed by atoms with Crippen LogP contribution in [-0.2, 0) is 17.8 Å². The smallest absolute Gasteiger partial charge is 0.303 e. The van der Waals surface area contributed by atoms with Gasteiger partial charge in [-0.25, -0.2) is 4.68 Å². The molecule has 0 fully saturated rings. The SMILES string of the molecule is O=C(O)CCCCc1cn(Cc2cc(Br)cs2)nn1. The summed E-state index contributed by atoms with van der Waals surface area (Å²) in [6.45, 7) is 0.721. The first-order valence-electron chi connectivity index (χ1n) is 5.97. The van der Waals surface area contributed by atoms with Crippen LogP contribution in [0.2, 0.25) is 0 Å². The number of halogens is 1. The molecule has 0 saturated heterocycles. The van der Waals surface area contributed by atoms with Gasteiger partial charge in [-0.1, -0.05) is 5.21 Å². The summed E-state index contributed by atoms with van der Waals surface area (Å²) in [5.41, 5.74) is 0.918. The van der Waals surface area contributed by atoms with Gasteiger partial charge in [0.1, 0.15) is 0 Å². The van der Waals surface area contributed by atoms with Crippen molar-refractivity contribution >= 4 is 33.2 Å². The molecule has 2 aromatic heterocycles. The predicted octanol–water partition coefficient (Wildman–Crippen LogP) is 2.95. The van der Waals surface area contributed by atoms with Crippen LogP contribution >= 0.6 is 27.3 Å². The zero-order valence-electron chi connectivity index (χ0n) is 10.3. The van der Waals surface area contributed by atoms with Crippen molar-refractivity contribution in [2.75, 3.05) is 0 Å². The molecule has 7 heteroatoms. The fourth-order valence-corrected chi connectivity index (χ4v) is 3.15. The molecule has 2 aromatic rings. The molecule has 0 atom stereocenters. The van der Waals surface area contributed by atoms with Gasteiger partial charge in [-0.05, 0) is 41.3 Å². The quantitative estimate of drug-likeness (QED) is 0.784. The van der Waals surface area contributed by atoms with Crippen LogP contribution in [0.3, 0.4) is 0 Å². The van der Waals surface area contributed by atoms with E-state index in [1.165, 1.54) is 4.88 Å². The van der Waals surface area contributed by atoms with E-state index < -0.39 is 5.97 Å². The molecule has 0 radical (unpaired) electrons. The number of carbonyl (C=O) groups is 1. The first kappa shape index (κ1) is 14.2. The number of unbranched alkanes of at least 4 members (excludes halogenated alkanes) is 1. The largest absolute Gasteiger partial charge is 0.481 e. The monoisotopic (exact) mass is 343 g/mol. The maximum absolute atomic E-state index is 10.4.